The number of anilines is 2. The van der Waals surface area contributed by atoms with Crippen LogP contribution in [-0.2, 0) is 10.0 Å². The zero-order valence-electron chi connectivity index (χ0n) is 19.9. The molecule has 2 aromatic heterocycles. The number of terminal acetylenes is 1. The van der Waals surface area contributed by atoms with Gasteiger partial charge in [-0.15, -0.1) is 12.3 Å². The van der Waals surface area contributed by atoms with Gasteiger partial charge in [-0.3, -0.25) is 9.52 Å². The Morgan fingerprint density at radius 3 is 2.78 bits per heavy atom. The number of carbonyl (C=O) groups excluding carboxylic acids is 1. The van der Waals surface area contributed by atoms with Crippen LogP contribution in [0.25, 0.3) is 5.65 Å². The standard InChI is InChI=1S/C25H27ClN6O3S/c1-3-17-9-12-30(16-17)23-10-13-32-24(27-23)15-21(28-32)22-6-4-5-11-31(22)25(33)19-14-18(26)7-8-20(19)29-36(2,34)35/h1,7-8,10,13-15,17,22,29H,4-6,9,11-12,16H2,2H3/t17-,22+/m1/s1. The summed E-state index contributed by atoms with van der Waals surface area (Å²) in [6.07, 6.45) is 12.0. The van der Waals surface area contributed by atoms with Crippen LogP contribution < -0.4 is 9.62 Å². The molecule has 5 rings (SSSR count). The maximum atomic E-state index is 13.7. The highest BCUT2D eigenvalue weighted by molar-refractivity contribution is 7.92. The number of nitrogens with one attached hydrogen (secondary N) is 1. The van der Waals surface area contributed by atoms with Crippen molar-refractivity contribution in [2.75, 3.05) is 35.5 Å². The second-order valence-electron chi connectivity index (χ2n) is 9.33. The molecule has 0 spiro atoms. The van der Waals surface area contributed by atoms with Gasteiger partial charge in [-0.2, -0.15) is 5.10 Å². The SMILES string of the molecule is C#C[C@@H]1CCN(c2ccn3nc([C@@H]4CCCCN4C(=O)c4cc(Cl)ccc4NS(C)(=O)=O)cc3n2)C1. The number of halogens is 1. The first kappa shape index (κ1) is 24.4. The smallest absolute Gasteiger partial charge is 0.256 e. The number of aromatic nitrogens is 3. The molecule has 0 aliphatic carbocycles. The van der Waals surface area contributed by atoms with Gasteiger partial charge in [0.15, 0.2) is 5.65 Å². The van der Waals surface area contributed by atoms with Crippen molar-refractivity contribution in [3.63, 3.8) is 0 Å². The van der Waals surface area contributed by atoms with E-state index in [0.29, 0.717) is 17.2 Å². The topological polar surface area (TPSA) is 99.9 Å². The van der Waals surface area contributed by atoms with Gasteiger partial charge in [-0.05, 0) is 49.9 Å². The number of rotatable bonds is 5. The van der Waals surface area contributed by atoms with E-state index in [0.717, 1.165) is 56.5 Å². The molecule has 0 radical (unpaired) electrons. The van der Waals surface area contributed by atoms with E-state index in [1.807, 2.05) is 18.3 Å². The number of fused-ring (bicyclic) bond motifs is 1. The Balaban J connectivity index is 1.45. The molecule has 2 atom stereocenters. The Hall–Kier alpha value is -3.29. The van der Waals surface area contributed by atoms with Crippen LogP contribution in [0.3, 0.4) is 0 Å². The van der Waals surface area contributed by atoms with Crippen molar-refractivity contribution in [2.24, 2.45) is 5.92 Å². The van der Waals surface area contributed by atoms with Crippen LogP contribution in [-0.4, -0.2) is 59.7 Å². The van der Waals surface area contributed by atoms with E-state index in [-0.39, 0.29) is 29.1 Å². The molecule has 1 aromatic carbocycles. The number of sulfonamides is 1. The second kappa shape index (κ2) is 9.64. The van der Waals surface area contributed by atoms with Crippen LogP contribution in [0.15, 0.2) is 36.5 Å². The summed E-state index contributed by atoms with van der Waals surface area (Å²) >= 11 is 6.18. The lowest BCUT2D eigenvalue weighted by Gasteiger charge is -2.35. The van der Waals surface area contributed by atoms with Crippen LogP contribution in [0.5, 0.6) is 0 Å². The van der Waals surface area contributed by atoms with Crippen molar-refractivity contribution in [1.82, 2.24) is 19.5 Å². The molecule has 0 unspecified atom stereocenters. The number of nitrogens with zero attached hydrogens (tertiary/aromatic N) is 5. The fraction of sp³-hybridized carbons (Fsp3) is 0.400. The van der Waals surface area contributed by atoms with Gasteiger partial charge in [0, 0.05) is 42.8 Å². The van der Waals surface area contributed by atoms with E-state index in [2.05, 4.69) is 15.5 Å². The van der Waals surface area contributed by atoms with Crippen molar-refractivity contribution >= 4 is 44.7 Å². The summed E-state index contributed by atoms with van der Waals surface area (Å²) in [5.74, 6) is 3.63. The molecule has 2 fully saturated rings. The number of hydrogen-bond donors (Lipinski definition) is 1. The highest BCUT2D eigenvalue weighted by Gasteiger charge is 2.32. The van der Waals surface area contributed by atoms with Crippen LogP contribution in [0.4, 0.5) is 11.5 Å². The Morgan fingerprint density at radius 1 is 1.19 bits per heavy atom. The number of hydrogen-bond acceptors (Lipinski definition) is 6. The van der Waals surface area contributed by atoms with Gasteiger partial charge in [0.05, 0.1) is 29.2 Å². The molecule has 2 aliphatic heterocycles. The molecule has 9 nitrogen and oxygen atoms in total. The highest BCUT2D eigenvalue weighted by Crippen LogP contribution is 2.34. The second-order valence-corrected chi connectivity index (χ2v) is 11.5. The van der Waals surface area contributed by atoms with Gasteiger partial charge in [-0.1, -0.05) is 11.6 Å². The maximum Gasteiger partial charge on any atom is 0.256 e. The minimum Gasteiger partial charge on any atom is -0.355 e. The summed E-state index contributed by atoms with van der Waals surface area (Å²) in [7, 11) is -3.58. The molecule has 0 saturated carbocycles. The average Bonchev–Trinajstić information content (AvgIpc) is 3.50. The summed E-state index contributed by atoms with van der Waals surface area (Å²) in [6.45, 7) is 2.19. The molecule has 0 bridgehead atoms. The first-order chi connectivity index (χ1) is 17.2. The average molecular weight is 527 g/mol. The van der Waals surface area contributed by atoms with Crippen molar-refractivity contribution in [2.45, 2.75) is 31.7 Å². The van der Waals surface area contributed by atoms with Crippen molar-refractivity contribution in [3.05, 3.63) is 52.8 Å². The molecule has 2 aliphatic rings. The summed E-state index contributed by atoms with van der Waals surface area (Å²) in [5.41, 5.74) is 1.86. The van der Waals surface area contributed by atoms with Gasteiger partial charge >= 0.3 is 0 Å². The molecule has 1 N–H and O–H groups in total. The number of piperidine rings is 1. The number of likely N-dealkylation sites (tertiary alicyclic amines) is 1. The number of amides is 1. The fourth-order valence-electron chi connectivity index (χ4n) is 4.95. The fourth-order valence-corrected chi connectivity index (χ4v) is 5.70. The zero-order valence-corrected chi connectivity index (χ0v) is 21.5. The molecule has 188 valence electrons. The largest absolute Gasteiger partial charge is 0.355 e. The first-order valence-corrected chi connectivity index (χ1v) is 14.1. The lowest BCUT2D eigenvalue weighted by molar-refractivity contribution is 0.0607. The van der Waals surface area contributed by atoms with E-state index in [4.69, 9.17) is 28.1 Å². The minimum absolute atomic E-state index is 0.202. The van der Waals surface area contributed by atoms with E-state index in [1.54, 1.807) is 15.5 Å². The third-order valence-electron chi connectivity index (χ3n) is 6.69. The Labute approximate surface area is 215 Å². The molecule has 2 saturated heterocycles. The first-order valence-electron chi connectivity index (χ1n) is 11.9. The Kier molecular flexibility index (Phi) is 6.53. The molecule has 3 aromatic rings. The van der Waals surface area contributed by atoms with Crippen molar-refractivity contribution in [1.29, 1.82) is 0 Å². The van der Waals surface area contributed by atoms with Crippen molar-refractivity contribution < 1.29 is 13.2 Å². The van der Waals surface area contributed by atoms with Gasteiger partial charge in [0.2, 0.25) is 10.0 Å². The zero-order chi connectivity index (χ0) is 25.4. The van der Waals surface area contributed by atoms with Crippen LogP contribution in [0.1, 0.15) is 47.8 Å². The highest BCUT2D eigenvalue weighted by atomic mass is 35.5. The third-order valence-corrected chi connectivity index (χ3v) is 7.52. The molecule has 36 heavy (non-hydrogen) atoms. The lowest BCUT2D eigenvalue weighted by Crippen LogP contribution is -2.39. The maximum absolute atomic E-state index is 13.7. The molecule has 11 heteroatoms. The summed E-state index contributed by atoms with van der Waals surface area (Å²) < 4.78 is 27.9. The van der Waals surface area contributed by atoms with Crippen LogP contribution >= 0.6 is 11.6 Å². The normalized spacial score (nSPS) is 20.5. The Morgan fingerprint density at radius 2 is 2.03 bits per heavy atom. The van der Waals surface area contributed by atoms with E-state index < -0.39 is 10.0 Å². The van der Waals surface area contributed by atoms with Crippen LogP contribution in [0, 0.1) is 18.3 Å². The lowest BCUT2D eigenvalue weighted by atomic mass is 9.98. The van der Waals surface area contributed by atoms with Gasteiger partial charge in [0.25, 0.3) is 5.91 Å². The molecular weight excluding hydrogens is 500 g/mol. The van der Waals surface area contributed by atoms with Gasteiger partial charge in [-0.25, -0.2) is 17.9 Å². The summed E-state index contributed by atoms with van der Waals surface area (Å²) in [5, 5.41) is 5.08. The molecule has 4 heterocycles. The minimum atomic E-state index is -3.58. The van der Waals surface area contributed by atoms with Gasteiger partial charge in [0.1, 0.15) is 5.82 Å². The number of carbonyl (C=O) groups is 1. The van der Waals surface area contributed by atoms with E-state index in [9.17, 15) is 13.2 Å². The Bertz CT molecular complexity index is 1460. The third kappa shape index (κ3) is 4.99. The van der Waals surface area contributed by atoms with E-state index in [1.165, 1.54) is 12.1 Å². The number of benzene rings is 1. The van der Waals surface area contributed by atoms with Gasteiger partial charge < -0.3 is 9.80 Å². The molecule has 1 amide bonds. The van der Waals surface area contributed by atoms with Crippen LogP contribution in [0.2, 0.25) is 5.02 Å². The quantitative estimate of drug-likeness (QED) is 0.510. The molecular formula is C25H27ClN6O3S. The monoisotopic (exact) mass is 526 g/mol. The predicted molar refractivity (Wildman–Crippen MR) is 140 cm³/mol. The van der Waals surface area contributed by atoms with Crippen molar-refractivity contribution in [3.8, 4) is 12.3 Å². The summed E-state index contributed by atoms with van der Waals surface area (Å²) in [6, 6.07) is 8.15. The summed E-state index contributed by atoms with van der Waals surface area (Å²) in [4.78, 5) is 22.4. The predicted octanol–water partition coefficient (Wildman–Crippen LogP) is 3.58. The van der Waals surface area contributed by atoms with E-state index >= 15 is 0 Å².